The number of alkyl halides is 3. The highest BCUT2D eigenvalue weighted by Crippen LogP contribution is 2.41. The number of carbonyl (C=O) groups is 1. The Morgan fingerprint density at radius 2 is 2.06 bits per heavy atom. The first-order valence-corrected chi connectivity index (χ1v) is 5.52. The number of nitrogens with zero attached hydrogens (tertiary/aromatic N) is 1. The van der Waals surface area contributed by atoms with E-state index in [-0.39, 0.29) is 23.7 Å². The van der Waals surface area contributed by atoms with Crippen LogP contribution in [0.15, 0.2) is 18.2 Å². The van der Waals surface area contributed by atoms with Gasteiger partial charge in [-0.15, -0.1) is 0 Å². The number of β-amino-alcohol motifs (C(OH)–C–C–N with tert-alkyl or cyclic N) is 1. The molecule has 0 aromatic heterocycles. The fraction of sp³-hybridized carbons (Fsp3) is 0.364. The summed E-state index contributed by atoms with van der Waals surface area (Å²) < 4.78 is 38.5. The first-order chi connectivity index (χ1) is 8.30. The number of amides is 1. The summed E-state index contributed by atoms with van der Waals surface area (Å²) in [5.41, 5.74) is -1.36. The highest BCUT2D eigenvalue weighted by molar-refractivity contribution is 6.34. The maximum atomic E-state index is 12.8. The van der Waals surface area contributed by atoms with Gasteiger partial charge in [-0.2, -0.15) is 13.2 Å². The summed E-state index contributed by atoms with van der Waals surface area (Å²) in [6.45, 7) is -0.175. The number of aliphatic hydroxyl groups is 1. The minimum Gasteiger partial charge on any atom is -0.391 e. The van der Waals surface area contributed by atoms with Gasteiger partial charge in [0.25, 0.3) is 0 Å². The molecule has 1 aliphatic heterocycles. The zero-order valence-corrected chi connectivity index (χ0v) is 9.79. The molecule has 1 fully saturated rings. The normalized spacial score (nSPS) is 20.6. The third kappa shape index (κ3) is 2.30. The van der Waals surface area contributed by atoms with Crippen molar-refractivity contribution in [1.82, 2.24) is 0 Å². The first-order valence-electron chi connectivity index (χ1n) is 5.15. The number of aliphatic hydroxyl groups excluding tert-OH is 1. The lowest BCUT2D eigenvalue weighted by Crippen LogP contribution is -2.28. The van der Waals surface area contributed by atoms with Gasteiger partial charge in [0.1, 0.15) is 0 Å². The standard InChI is InChI=1S/C11H9ClF3NO2/c12-8-3-1-2-7(11(13,14)15)10(8)16-5-6(17)4-9(16)18/h1-3,6,17H,4-5H2. The lowest BCUT2D eigenvalue weighted by Gasteiger charge is -2.22. The van der Waals surface area contributed by atoms with Crippen molar-refractivity contribution in [2.75, 3.05) is 11.4 Å². The number of hydrogen-bond donors (Lipinski definition) is 1. The van der Waals surface area contributed by atoms with Crippen molar-refractivity contribution >= 4 is 23.2 Å². The summed E-state index contributed by atoms with van der Waals surface area (Å²) in [5.74, 6) is -0.568. The van der Waals surface area contributed by atoms with E-state index in [9.17, 15) is 23.1 Å². The molecule has 1 saturated heterocycles. The number of halogens is 4. The molecule has 18 heavy (non-hydrogen) atoms. The van der Waals surface area contributed by atoms with Gasteiger partial charge in [-0.3, -0.25) is 4.79 Å². The van der Waals surface area contributed by atoms with Gasteiger partial charge in [0.2, 0.25) is 5.91 Å². The summed E-state index contributed by atoms with van der Waals surface area (Å²) in [6.07, 6.45) is -5.76. The van der Waals surface area contributed by atoms with Crippen LogP contribution in [0.3, 0.4) is 0 Å². The van der Waals surface area contributed by atoms with Crippen LogP contribution < -0.4 is 4.90 Å². The molecule has 1 unspecified atom stereocenters. The predicted molar refractivity (Wildman–Crippen MR) is 59.4 cm³/mol. The summed E-state index contributed by atoms with van der Waals surface area (Å²) in [5, 5.41) is 9.17. The Morgan fingerprint density at radius 1 is 1.39 bits per heavy atom. The maximum Gasteiger partial charge on any atom is 0.418 e. The molecule has 1 aromatic carbocycles. The lowest BCUT2D eigenvalue weighted by atomic mass is 10.1. The van der Waals surface area contributed by atoms with Crippen LogP contribution in [-0.2, 0) is 11.0 Å². The highest BCUT2D eigenvalue weighted by atomic mass is 35.5. The molecular formula is C11H9ClF3NO2. The molecule has 0 spiro atoms. The number of rotatable bonds is 1. The fourth-order valence-electron chi connectivity index (χ4n) is 1.92. The third-order valence-corrected chi connectivity index (χ3v) is 2.97. The van der Waals surface area contributed by atoms with Gasteiger partial charge in [0.15, 0.2) is 0 Å². The summed E-state index contributed by atoms with van der Waals surface area (Å²) in [7, 11) is 0. The topological polar surface area (TPSA) is 40.5 Å². The molecule has 0 aliphatic carbocycles. The average Bonchev–Trinajstić information content (AvgIpc) is 2.56. The largest absolute Gasteiger partial charge is 0.418 e. The Morgan fingerprint density at radius 3 is 2.56 bits per heavy atom. The molecule has 1 N–H and O–H groups in total. The van der Waals surface area contributed by atoms with E-state index in [0.29, 0.717) is 0 Å². The average molecular weight is 280 g/mol. The summed E-state index contributed by atoms with van der Waals surface area (Å²) in [4.78, 5) is 12.4. The molecule has 3 nitrogen and oxygen atoms in total. The molecule has 1 atom stereocenters. The molecule has 1 aromatic rings. The molecule has 2 rings (SSSR count). The SMILES string of the molecule is O=C1CC(O)CN1c1c(Cl)cccc1C(F)(F)F. The first kappa shape index (κ1) is 13.2. The van der Waals surface area contributed by atoms with E-state index < -0.39 is 23.8 Å². The molecule has 1 heterocycles. The molecule has 98 valence electrons. The minimum atomic E-state index is -4.60. The van der Waals surface area contributed by atoms with E-state index in [1.165, 1.54) is 12.1 Å². The second kappa shape index (κ2) is 4.44. The van der Waals surface area contributed by atoms with E-state index in [0.717, 1.165) is 11.0 Å². The Hall–Kier alpha value is -1.27. The fourth-order valence-corrected chi connectivity index (χ4v) is 2.20. The smallest absolute Gasteiger partial charge is 0.391 e. The van der Waals surface area contributed by atoms with Crippen molar-refractivity contribution in [3.8, 4) is 0 Å². The van der Waals surface area contributed by atoms with Crippen molar-refractivity contribution in [2.45, 2.75) is 18.7 Å². The molecule has 1 amide bonds. The lowest BCUT2D eigenvalue weighted by molar-refractivity contribution is -0.137. The second-order valence-electron chi connectivity index (χ2n) is 4.00. The van der Waals surface area contributed by atoms with Crippen molar-refractivity contribution in [2.24, 2.45) is 0 Å². The zero-order chi connectivity index (χ0) is 13.5. The van der Waals surface area contributed by atoms with Gasteiger partial charge in [0.05, 0.1) is 35.3 Å². The number of benzene rings is 1. The molecule has 0 bridgehead atoms. The molecule has 0 saturated carbocycles. The second-order valence-corrected chi connectivity index (χ2v) is 4.40. The number of anilines is 1. The van der Waals surface area contributed by atoms with Crippen molar-refractivity contribution in [1.29, 1.82) is 0 Å². The minimum absolute atomic E-state index is 0.160. The quantitative estimate of drug-likeness (QED) is 0.858. The van der Waals surface area contributed by atoms with Crippen LogP contribution in [0.5, 0.6) is 0 Å². The molecular weight excluding hydrogens is 271 g/mol. The van der Waals surface area contributed by atoms with Crippen molar-refractivity contribution in [3.63, 3.8) is 0 Å². The van der Waals surface area contributed by atoms with E-state index in [2.05, 4.69) is 0 Å². The Balaban J connectivity index is 2.53. The van der Waals surface area contributed by atoms with Crippen molar-refractivity contribution in [3.05, 3.63) is 28.8 Å². The Labute approximate surface area is 106 Å². The van der Waals surface area contributed by atoms with Crippen LogP contribution in [-0.4, -0.2) is 23.7 Å². The van der Waals surface area contributed by atoms with E-state index >= 15 is 0 Å². The van der Waals surface area contributed by atoms with Crippen LogP contribution in [0, 0.1) is 0 Å². The van der Waals surface area contributed by atoms with Gasteiger partial charge in [-0.25, -0.2) is 0 Å². The van der Waals surface area contributed by atoms with E-state index in [4.69, 9.17) is 11.6 Å². The molecule has 1 aliphatic rings. The van der Waals surface area contributed by atoms with Crippen LogP contribution >= 0.6 is 11.6 Å². The van der Waals surface area contributed by atoms with Gasteiger partial charge in [0, 0.05) is 0 Å². The summed E-state index contributed by atoms with van der Waals surface area (Å²) in [6, 6.07) is 3.31. The zero-order valence-electron chi connectivity index (χ0n) is 9.04. The number of carbonyl (C=O) groups excluding carboxylic acids is 1. The van der Waals surface area contributed by atoms with Crippen molar-refractivity contribution < 1.29 is 23.1 Å². The number of hydrogen-bond acceptors (Lipinski definition) is 2. The maximum absolute atomic E-state index is 12.8. The van der Waals surface area contributed by atoms with Gasteiger partial charge < -0.3 is 10.0 Å². The summed E-state index contributed by atoms with van der Waals surface area (Å²) >= 11 is 5.75. The molecule has 7 heteroatoms. The molecule has 0 radical (unpaired) electrons. The van der Waals surface area contributed by atoms with E-state index in [1.807, 2.05) is 0 Å². The van der Waals surface area contributed by atoms with Crippen LogP contribution in [0.1, 0.15) is 12.0 Å². The van der Waals surface area contributed by atoms with Gasteiger partial charge >= 0.3 is 6.18 Å². The van der Waals surface area contributed by atoms with Gasteiger partial charge in [-0.05, 0) is 12.1 Å². The van der Waals surface area contributed by atoms with Crippen LogP contribution in [0.4, 0.5) is 18.9 Å². The highest BCUT2D eigenvalue weighted by Gasteiger charge is 2.39. The van der Waals surface area contributed by atoms with Gasteiger partial charge in [-0.1, -0.05) is 17.7 Å². The van der Waals surface area contributed by atoms with Crippen LogP contribution in [0.2, 0.25) is 5.02 Å². The third-order valence-electron chi connectivity index (χ3n) is 2.67. The monoisotopic (exact) mass is 279 g/mol. The Kier molecular flexibility index (Phi) is 3.25. The van der Waals surface area contributed by atoms with Crippen LogP contribution in [0.25, 0.3) is 0 Å². The number of para-hydroxylation sites is 1. The van der Waals surface area contributed by atoms with E-state index in [1.54, 1.807) is 0 Å². The Bertz CT molecular complexity index is 490. The predicted octanol–water partition coefficient (Wildman–Crippen LogP) is 2.46.